The Labute approximate surface area is 93.1 Å². The summed E-state index contributed by atoms with van der Waals surface area (Å²) in [5.74, 6) is 0. The van der Waals surface area contributed by atoms with Crippen LogP contribution in [0.3, 0.4) is 0 Å². The number of hydrogen-bond donors (Lipinski definition) is 2. The van der Waals surface area contributed by atoms with Crippen LogP contribution in [0.4, 0.5) is 5.69 Å². The summed E-state index contributed by atoms with van der Waals surface area (Å²) in [4.78, 5) is 0. The van der Waals surface area contributed by atoms with Gasteiger partial charge in [0.05, 0.1) is 0 Å². The van der Waals surface area contributed by atoms with Crippen LogP contribution in [-0.4, -0.2) is 20.1 Å². The van der Waals surface area contributed by atoms with E-state index in [1.165, 1.54) is 24.1 Å². The number of aryl methyl sites for hydroxylation is 1. The van der Waals surface area contributed by atoms with Crippen LogP contribution in [-0.2, 0) is 6.42 Å². The molecule has 0 amide bonds. The molecule has 84 valence electrons. The zero-order chi connectivity index (χ0) is 10.9. The second-order valence-corrected chi connectivity index (χ2v) is 3.75. The van der Waals surface area contributed by atoms with Crippen molar-refractivity contribution in [1.82, 2.24) is 5.32 Å². The first-order valence-corrected chi connectivity index (χ1v) is 5.85. The Balaban J connectivity index is 2.30. The Bertz CT molecular complexity index is 271. The van der Waals surface area contributed by atoms with E-state index in [4.69, 9.17) is 0 Å². The SMILES string of the molecule is CCc1ccccc1NCCCCNC. The van der Waals surface area contributed by atoms with Crippen LogP contribution in [0.2, 0.25) is 0 Å². The average Bonchev–Trinajstić information content (AvgIpc) is 2.29. The van der Waals surface area contributed by atoms with Crippen molar-refractivity contribution in [3.05, 3.63) is 29.8 Å². The van der Waals surface area contributed by atoms with Crippen molar-refractivity contribution in [2.24, 2.45) is 0 Å². The van der Waals surface area contributed by atoms with Crippen molar-refractivity contribution in [1.29, 1.82) is 0 Å². The second kappa shape index (κ2) is 7.30. The number of anilines is 1. The molecule has 0 aromatic heterocycles. The summed E-state index contributed by atoms with van der Waals surface area (Å²) in [6.07, 6.45) is 3.55. The third-order valence-corrected chi connectivity index (χ3v) is 2.57. The van der Waals surface area contributed by atoms with Gasteiger partial charge in [0.25, 0.3) is 0 Å². The molecule has 0 atom stereocenters. The van der Waals surface area contributed by atoms with Gasteiger partial charge in [0.2, 0.25) is 0 Å². The first kappa shape index (κ1) is 12.1. The maximum atomic E-state index is 3.50. The van der Waals surface area contributed by atoms with Gasteiger partial charge >= 0.3 is 0 Å². The van der Waals surface area contributed by atoms with E-state index in [-0.39, 0.29) is 0 Å². The molecule has 1 aromatic rings. The number of rotatable bonds is 7. The molecule has 0 bridgehead atoms. The summed E-state index contributed by atoms with van der Waals surface area (Å²) in [5.41, 5.74) is 2.70. The molecule has 0 unspecified atom stereocenters. The average molecular weight is 206 g/mol. The molecule has 2 N–H and O–H groups in total. The van der Waals surface area contributed by atoms with E-state index in [0.29, 0.717) is 0 Å². The Morgan fingerprint density at radius 3 is 2.53 bits per heavy atom. The Morgan fingerprint density at radius 1 is 1.07 bits per heavy atom. The third kappa shape index (κ3) is 4.34. The minimum atomic E-state index is 1.07. The summed E-state index contributed by atoms with van der Waals surface area (Å²) in [6, 6.07) is 8.55. The van der Waals surface area contributed by atoms with Gasteiger partial charge in [0.15, 0.2) is 0 Å². The summed E-state index contributed by atoms with van der Waals surface area (Å²) >= 11 is 0. The quantitative estimate of drug-likeness (QED) is 0.670. The molecule has 0 aliphatic carbocycles. The van der Waals surface area contributed by atoms with Crippen molar-refractivity contribution in [3.8, 4) is 0 Å². The summed E-state index contributed by atoms with van der Waals surface area (Å²) in [6.45, 7) is 4.37. The summed E-state index contributed by atoms with van der Waals surface area (Å²) in [7, 11) is 2.00. The van der Waals surface area contributed by atoms with Gasteiger partial charge in [0, 0.05) is 12.2 Å². The molecule has 2 nitrogen and oxygen atoms in total. The standard InChI is InChI=1S/C13H22N2/c1-3-12-8-4-5-9-13(12)15-11-7-6-10-14-2/h4-5,8-9,14-15H,3,6-7,10-11H2,1-2H3. The topological polar surface area (TPSA) is 24.1 Å². The third-order valence-electron chi connectivity index (χ3n) is 2.57. The first-order valence-electron chi connectivity index (χ1n) is 5.85. The predicted octanol–water partition coefficient (Wildman–Crippen LogP) is 2.66. The van der Waals surface area contributed by atoms with E-state index in [1.54, 1.807) is 0 Å². The van der Waals surface area contributed by atoms with Crippen molar-refractivity contribution in [2.75, 3.05) is 25.5 Å². The van der Waals surface area contributed by atoms with Crippen molar-refractivity contribution < 1.29 is 0 Å². The molecule has 1 aromatic carbocycles. The van der Waals surface area contributed by atoms with Crippen LogP contribution in [0.1, 0.15) is 25.3 Å². The molecule has 1 rings (SSSR count). The van der Waals surface area contributed by atoms with Crippen LogP contribution in [0, 0.1) is 0 Å². The van der Waals surface area contributed by atoms with Crippen LogP contribution in [0.5, 0.6) is 0 Å². The van der Waals surface area contributed by atoms with Gasteiger partial charge in [0.1, 0.15) is 0 Å². The Hall–Kier alpha value is -1.02. The molecule has 0 heterocycles. The van der Waals surface area contributed by atoms with E-state index < -0.39 is 0 Å². The highest BCUT2D eigenvalue weighted by Gasteiger charge is 1.97. The number of unbranched alkanes of at least 4 members (excludes halogenated alkanes) is 1. The van der Waals surface area contributed by atoms with Gasteiger partial charge < -0.3 is 10.6 Å². The fourth-order valence-electron chi connectivity index (χ4n) is 1.65. The van der Waals surface area contributed by atoms with Gasteiger partial charge in [-0.25, -0.2) is 0 Å². The molecule has 2 heteroatoms. The molecule has 0 aliphatic rings. The highest BCUT2D eigenvalue weighted by molar-refractivity contribution is 5.50. The zero-order valence-corrected chi connectivity index (χ0v) is 9.84. The molecule has 0 fully saturated rings. The first-order chi connectivity index (χ1) is 7.38. The highest BCUT2D eigenvalue weighted by Crippen LogP contribution is 2.15. The lowest BCUT2D eigenvalue weighted by molar-refractivity contribution is 0.694. The molecule has 0 saturated carbocycles. The molecule has 0 spiro atoms. The molecule has 0 aliphatic heterocycles. The van der Waals surface area contributed by atoms with Crippen LogP contribution in [0.15, 0.2) is 24.3 Å². The van der Waals surface area contributed by atoms with E-state index >= 15 is 0 Å². The lowest BCUT2D eigenvalue weighted by atomic mass is 10.1. The van der Waals surface area contributed by atoms with E-state index in [0.717, 1.165) is 19.5 Å². The zero-order valence-electron chi connectivity index (χ0n) is 9.84. The molecular weight excluding hydrogens is 184 g/mol. The van der Waals surface area contributed by atoms with Gasteiger partial charge in [-0.1, -0.05) is 25.1 Å². The van der Waals surface area contributed by atoms with Gasteiger partial charge in [-0.2, -0.15) is 0 Å². The van der Waals surface area contributed by atoms with Gasteiger partial charge in [-0.3, -0.25) is 0 Å². The molecule has 15 heavy (non-hydrogen) atoms. The molecule has 0 radical (unpaired) electrons. The number of nitrogens with one attached hydrogen (secondary N) is 2. The van der Waals surface area contributed by atoms with Gasteiger partial charge in [-0.15, -0.1) is 0 Å². The number of para-hydroxylation sites is 1. The Kier molecular flexibility index (Phi) is 5.86. The van der Waals surface area contributed by atoms with Crippen LogP contribution in [0.25, 0.3) is 0 Å². The van der Waals surface area contributed by atoms with Crippen molar-refractivity contribution in [3.63, 3.8) is 0 Å². The number of benzene rings is 1. The second-order valence-electron chi connectivity index (χ2n) is 3.75. The highest BCUT2D eigenvalue weighted by atomic mass is 14.9. The Morgan fingerprint density at radius 2 is 1.80 bits per heavy atom. The maximum absolute atomic E-state index is 3.50. The van der Waals surface area contributed by atoms with E-state index in [2.05, 4.69) is 41.8 Å². The lowest BCUT2D eigenvalue weighted by Gasteiger charge is -2.10. The van der Waals surface area contributed by atoms with E-state index in [1.807, 2.05) is 7.05 Å². The van der Waals surface area contributed by atoms with Crippen LogP contribution >= 0.6 is 0 Å². The monoisotopic (exact) mass is 206 g/mol. The summed E-state index contributed by atoms with van der Waals surface area (Å²) < 4.78 is 0. The van der Waals surface area contributed by atoms with Crippen molar-refractivity contribution >= 4 is 5.69 Å². The molecular formula is C13H22N2. The lowest BCUT2D eigenvalue weighted by Crippen LogP contribution is -2.10. The fraction of sp³-hybridized carbons (Fsp3) is 0.538. The molecule has 0 saturated heterocycles. The van der Waals surface area contributed by atoms with Crippen LogP contribution < -0.4 is 10.6 Å². The summed E-state index contributed by atoms with van der Waals surface area (Å²) in [5, 5.41) is 6.66. The smallest absolute Gasteiger partial charge is 0.0372 e. The van der Waals surface area contributed by atoms with E-state index in [9.17, 15) is 0 Å². The minimum absolute atomic E-state index is 1.07. The predicted molar refractivity (Wildman–Crippen MR) is 67.5 cm³/mol. The minimum Gasteiger partial charge on any atom is -0.385 e. The normalized spacial score (nSPS) is 10.3. The van der Waals surface area contributed by atoms with Gasteiger partial charge in [-0.05, 0) is 44.5 Å². The fourth-order valence-corrected chi connectivity index (χ4v) is 1.65. The maximum Gasteiger partial charge on any atom is 0.0372 e. The van der Waals surface area contributed by atoms with Crippen molar-refractivity contribution in [2.45, 2.75) is 26.2 Å². The largest absolute Gasteiger partial charge is 0.385 e. The number of hydrogen-bond acceptors (Lipinski definition) is 2.